The monoisotopic (exact) mass is 392 g/mol. The van der Waals surface area contributed by atoms with Crippen LogP contribution in [-0.4, -0.2) is 22.0 Å². The lowest BCUT2D eigenvalue weighted by Gasteiger charge is -2.13. The van der Waals surface area contributed by atoms with Crippen molar-refractivity contribution >= 4 is 34.3 Å². The topological polar surface area (TPSA) is 97.1 Å². The van der Waals surface area contributed by atoms with Crippen LogP contribution in [0.1, 0.15) is 72.8 Å². The zero-order valence-corrected chi connectivity index (χ0v) is 17.0. The van der Waals surface area contributed by atoms with Crippen LogP contribution in [0.2, 0.25) is 0 Å². The number of hydrogen-bond acceptors (Lipinski definition) is 5. The molecule has 4 rings (SSSR count). The Kier molecular flexibility index (Phi) is 4.82. The van der Waals surface area contributed by atoms with E-state index >= 15 is 0 Å². The summed E-state index contributed by atoms with van der Waals surface area (Å²) in [6, 6.07) is 7.35. The largest absolute Gasteiger partial charge is 0.335 e. The Morgan fingerprint density at radius 1 is 1.14 bits per heavy atom. The van der Waals surface area contributed by atoms with Gasteiger partial charge in [-0.25, -0.2) is 4.98 Å². The second-order valence-corrected chi connectivity index (χ2v) is 7.96. The molecule has 7 nitrogen and oxygen atoms in total. The van der Waals surface area contributed by atoms with E-state index in [2.05, 4.69) is 20.8 Å². The highest BCUT2D eigenvalue weighted by atomic mass is 16.5. The number of pyridine rings is 1. The molecule has 0 aliphatic heterocycles. The number of nitrogens with one attached hydrogen (secondary N) is 2. The Hall–Kier alpha value is -3.22. The van der Waals surface area contributed by atoms with Crippen LogP contribution < -0.4 is 10.6 Å². The van der Waals surface area contributed by atoms with Crippen LogP contribution in [0.15, 0.2) is 28.8 Å². The van der Waals surface area contributed by atoms with E-state index in [1.807, 2.05) is 39.0 Å². The number of aromatic nitrogens is 2. The number of fused-ring (bicyclic) bond motifs is 1. The number of benzene rings is 1. The van der Waals surface area contributed by atoms with E-state index in [0.717, 1.165) is 24.1 Å². The fourth-order valence-electron chi connectivity index (χ4n) is 3.40. The third kappa shape index (κ3) is 3.85. The number of rotatable bonds is 5. The molecule has 7 heteroatoms. The first-order chi connectivity index (χ1) is 13.8. The van der Waals surface area contributed by atoms with Crippen molar-refractivity contribution in [1.29, 1.82) is 0 Å². The van der Waals surface area contributed by atoms with Gasteiger partial charge in [-0.1, -0.05) is 25.1 Å². The summed E-state index contributed by atoms with van der Waals surface area (Å²) >= 11 is 0. The van der Waals surface area contributed by atoms with Gasteiger partial charge in [-0.3, -0.25) is 9.59 Å². The van der Waals surface area contributed by atoms with Crippen molar-refractivity contribution in [2.24, 2.45) is 0 Å². The Balaban J connectivity index is 1.78. The van der Waals surface area contributed by atoms with Crippen LogP contribution >= 0.6 is 0 Å². The lowest BCUT2D eigenvalue weighted by atomic mass is 10.0. The summed E-state index contributed by atoms with van der Waals surface area (Å²) in [5, 5.41) is 10.5. The number of hydrogen-bond donors (Lipinski definition) is 2. The van der Waals surface area contributed by atoms with E-state index in [-0.39, 0.29) is 17.7 Å². The van der Waals surface area contributed by atoms with Crippen molar-refractivity contribution in [2.45, 2.75) is 52.4 Å². The lowest BCUT2D eigenvalue weighted by Crippen LogP contribution is -2.16. The molecule has 1 aliphatic rings. The Bertz CT molecular complexity index is 1110. The number of anilines is 2. The van der Waals surface area contributed by atoms with E-state index in [0.29, 0.717) is 39.6 Å². The minimum atomic E-state index is -0.276. The number of nitrogens with zero attached hydrogens (tertiary/aromatic N) is 2. The quantitative estimate of drug-likeness (QED) is 0.653. The maximum absolute atomic E-state index is 13.3. The van der Waals surface area contributed by atoms with Crippen LogP contribution in [0.5, 0.6) is 0 Å². The molecule has 1 aliphatic carbocycles. The van der Waals surface area contributed by atoms with Gasteiger partial charge in [-0.15, -0.1) is 0 Å². The van der Waals surface area contributed by atoms with Crippen molar-refractivity contribution < 1.29 is 14.1 Å². The van der Waals surface area contributed by atoms with Gasteiger partial charge in [0, 0.05) is 18.5 Å². The van der Waals surface area contributed by atoms with Gasteiger partial charge in [0.15, 0.2) is 0 Å². The molecule has 2 heterocycles. The van der Waals surface area contributed by atoms with Crippen molar-refractivity contribution in [3.8, 4) is 0 Å². The minimum absolute atomic E-state index is 0.0882. The van der Waals surface area contributed by atoms with Crippen LogP contribution in [0.3, 0.4) is 0 Å². The number of aryl methyl sites for hydroxylation is 1. The third-order valence-corrected chi connectivity index (χ3v) is 5.01. The average molecular weight is 392 g/mol. The molecule has 1 saturated carbocycles. The van der Waals surface area contributed by atoms with Crippen LogP contribution in [0, 0.1) is 6.92 Å². The molecular weight excluding hydrogens is 368 g/mol. The van der Waals surface area contributed by atoms with Gasteiger partial charge in [0.05, 0.1) is 28.0 Å². The van der Waals surface area contributed by atoms with E-state index in [4.69, 9.17) is 4.52 Å². The van der Waals surface area contributed by atoms with E-state index < -0.39 is 0 Å². The van der Waals surface area contributed by atoms with Gasteiger partial charge in [-0.2, -0.15) is 0 Å². The van der Waals surface area contributed by atoms with E-state index in [1.165, 1.54) is 6.92 Å². The second kappa shape index (κ2) is 7.31. The van der Waals surface area contributed by atoms with Crippen LogP contribution in [-0.2, 0) is 4.79 Å². The molecule has 0 saturated heterocycles. The maximum atomic E-state index is 13.3. The van der Waals surface area contributed by atoms with Gasteiger partial charge >= 0.3 is 0 Å². The van der Waals surface area contributed by atoms with Gasteiger partial charge in [0.1, 0.15) is 0 Å². The standard InChI is InChI=1S/C22H24N4O3/c1-11(2)20-19-15(10-17(14-6-7-14)25-22(19)29-26-20)21(28)24-18-9-12(3)5-8-16(18)23-13(4)27/h5,8-11,14H,6-7H2,1-4H3,(H,23,27)(H,24,28). The first-order valence-electron chi connectivity index (χ1n) is 9.83. The molecule has 1 aromatic carbocycles. The van der Waals surface area contributed by atoms with E-state index in [1.54, 1.807) is 6.07 Å². The highest BCUT2D eigenvalue weighted by Crippen LogP contribution is 2.41. The predicted molar refractivity (Wildman–Crippen MR) is 111 cm³/mol. The molecule has 1 fully saturated rings. The van der Waals surface area contributed by atoms with Crippen LogP contribution in [0.25, 0.3) is 11.1 Å². The molecule has 0 unspecified atom stereocenters. The highest BCUT2D eigenvalue weighted by Gasteiger charge is 2.29. The lowest BCUT2D eigenvalue weighted by molar-refractivity contribution is -0.114. The molecule has 150 valence electrons. The molecule has 0 bridgehead atoms. The summed E-state index contributed by atoms with van der Waals surface area (Å²) < 4.78 is 5.47. The molecule has 2 N–H and O–H groups in total. The summed E-state index contributed by atoms with van der Waals surface area (Å²) in [6.07, 6.45) is 2.13. The molecule has 2 amide bonds. The summed E-state index contributed by atoms with van der Waals surface area (Å²) in [5.41, 5.74) is 4.54. The van der Waals surface area contributed by atoms with Gasteiger partial charge in [-0.05, 0) is 49.4 Å². The molecule has 2 aromatic heterocycles. The minimum Gasteiger partial charge on any atom is -0.335 e. The maximum Gasteiger partial charge on any atom is 0.259 e. The fourth-order valence-corrected chi connectivity index (χ4v) is 3.40. The molecular formula is C22H24N4O3. The third-order valence-electron chi connectivity index (χ3n) is 5.01. The molecule has 3 aromatic rings. The highest BCUT2D eigenvalue weighted by molar-refractivity contribution is 6.14. The van der Waals surface area contributed by atoms with Gasteiger partial charge in [0.25, 0.3) is 11.6 Å². The Morgan fingerprint density at radius 2 is 1.90 bits per heavy atom. The summed E-state index contributed by atoms with van der Waals surface area (Å²) in [7, 11) is 0. The predicted octanol–water partition coefficient (Wildman–Crippen LogP) is 4.74. The molecule has 0 radical (unpaired) electrons. The van der Waals surface area contributed by atoms with Crippen molar-refractivity contribution in [1.82, 2.24) is 10.1 Å². The van der Waals surface area contributed by atoms with Gasteiger partial charge < -0.3 is 15.2 Å². The number of carbonyl (C=O) groups excluding carboxylic acids is 2. The first-order valence-corrected chi connectivity index (χ1v) is 9.83. The van der Waals surface area contributed by atoms with Crippen LogP contribution in [0.4, 0.5) is 11.4 Å². The number of amides is 2. The Morgan fingerprint density at radius 3 is 2.55 bits per heavy atom. The summed E-state index contributed by atoms with van der Waals surface area (Å²) in [6.45, 7) is 7.37. The van der Waals surface area contributed by atoms with Crippen molar-refractivity contribution in [2.75, 3.05) is 10.6 Å². The first kappa shape index (κ1) is 19.1. The second-order valence-electron chi connectivity index (χ2n) is 7.96. The molecule has 29 heavy (non-hydrogen) atoms. The zero-order valence-electron chi connectivity index (χ0n) is 17.0. The summed E-state index contributed by atoms with van der Waals surface area (Å²) in [5.74, 6) is -0.0212. The molecule has 0 atom stereocenters. The normalized spacial score (nSPS) is 13.7. The van der Waals surface area contributed by atoms with Gasteiger partial charge in [0.2, 0.25) is 5.91 Å². The summed E-state index contributed by atoms with van der Waals surface area (Å²) in [4.78, 5) is 29.5. The van der Waals surface area contributed by atoms with E-state index in [9.17, 15) is 9.59 Å². The van der Waals surface area contributed by atoms with Crippen molar-refractivity contribution in [3.05, 3.63) is 46.8 Å². The average Bonchev–Trinajstić information content (AvgIpc) is 3.41. The smallest absolute Gasteiger partial charge is 0.259 e. The fraction of sp³-hybridized carbons (Fsp3) is 0.364. The number of carbonyl (C=O) groups is 2. The SMILES string of the molecule is CC(=O)Nc1ccc(C)cc1NC(=O)c1cc(C2CC2)nc2onc(C(C)C)c12. The molecule has 0 spiro atoms. The Labute approximate surface area is 168 Å². The zero-order chi connectivity index (χ0) is 20.7. The van der Waals surface area contributed by atoms with Crippen molar-refractivity contribution in [3.63, 3.8) is 0 Å².